The highest BCUT2D eigenvalue weighted by Crippen LogP contribution is 2.36. The SMILES string of the molecule is N#CC(=Cc1cc(Br)c(OCc2ccc(F)cc2)c(Br)c1)C(N)=S. The molecule has 0 aliphatic rings. The lowest BCUT2D eigenvalue weighted by molar-refractivity contribution is 0.302. The second-order valence-electron chi connectivity index (χ2n) is 4.76. The summed E-state index contributed by atoms with van der Waals surface area (Å²) >= 11 is 11.7. The van der Waals surface area contributed by atoms with Gasteiger partial charge in [0, 0.05) is 0 Å². The largest absolute Gasteiger partial charge is 0.487 e. The maximum absolute atomic E-state index is 12.9. The first-order chi connectivity index (χ1) is 11.4. The van der Waals surface area contributed by atoms with E-state index in [1.54, 1.807) is 30.3 Å². The Balaban J connectivity index is 2.22. The van der Waals surface area contributed by atoms with Gasteiger partial charge in [-0.3, -0.25) is 0 Å². The lowest BCUT2D eigenvalue weighted by Gasteiger charge is -2.11. The Bertz CT molecular complexity index is 822. The van der Waals surface area contributed by atoms with Crippen LogP contribution in [0.5, 0.6) is 5.75 Å². The molecule has 0 aromatic heterocycles. The van der Waals surface area contributed by atoms with Crippen molar-refractivity contribution in [2.24, 2.45) is 5.73 Å². The molecule has 2 aromatic rings. The summed E-state index contributed by atoms with van der Waals surface area (Å²) in [5.74, 6) is 0.314. The number of benzene rings is 2. The molecule has 24 heavy (non-hydrogen) atoms. The number of rotatable bonds is 5. The fraction of sp³-hybridized carbons (Fsp3) is 0.0588. The minimum Gasteiger partial charge on any atom is -0.487 e. The van der Waals surface area contributed by atoms with Gasteiger partial charge in [0.25, 0.3) is 0 Å². The monoisotopic (exact) mass is 468 g/mol. The average molecular weight is 470 g/mol. The summed E-state index contributed by atoms with van der Waals surface area (Å²) in [5.41, 5.74) is 7.30. The summed E-state index contributed by atoms with van der Waals surface area (Å²) in [4.78, 5) is 0.0429. The van der Waals surface area contributed by atoms with Gasteiger partial charge in [0.2, 0.25) is 0 Å². The first-order valence-corrected chi connectivity index (χ1v) is 8.68. The molecule has 2 aromatic carbocycles. The highest BCUT2D eigenvalue weighted by atomic mass is 79.9. The number of nitrogens with two attached hydrogens (primary N) is 1. The number of ether oxygens (including phenoxy) is 1. The molecule has 0 unspecified atom stereocenters. The van der Waals surface area contributed by atoms with Crippen LogP contribution < -0.4 is 10.5 Å². The van der Waals surface area contributed by atoms with Crippen molar-refractivity contribution in [3.63, 3.8) is 0 Å². The molecule has 0 spiro atoms. The third-order valence-corrected chi connectivity index (χ3v) is 4.41. The molecular formula is C17H11Br2FN2OS. The lowest BCUT2D eigenvalue weighted by atomic mass is 10.1. The quantitative estimate of drug-likeness (QED) is 0.375. The van der Waals surface area contributed by atoms with Crippen molar-refractivity contribution < 1.29 is 9.13 Å². The second kappa shape index (κ2) is 8.38. The summed E-state index contributed by atoms with van der Waals surface area (Å²) in [6.45, 7) is 0.295. The van der Waals surface area contributed by atoms with Crippen molar-refractivity contribution in [1.82, 2.24) is 0 Å². The zero-order chi connectivity index (χ0) is 17.7. The van der Waals surface area contributed by atoms with Gasteiger partial charge < -0.3 is 10.5 Å². The van der Waals surface area contributed by atoms with Crippen LogP contribution in [0.15, 0.2) is 50.9 Å². The van der Waals surface area contributed by atoms with Gasteiger partial charge in [0.15, 0.2) is 0 Å². The van der Waals surface area contributed by atoms with Crippen LogP contribution >= 0.6 is 44.1 Å². The van der Waals surface area contributed by atoms with E-state index in [0.29, 0.717) is 21.3 Å². The predicted octanol–water partition coefficient (Wildman–Crippen LogP) is 5.12. The summed E-state index contributed by atoms with van der Waals surface area (Å²) < 4.78 is 20.1. The number of hydrogen-bond acceptors (Lipinski definition) is 3. The van der Waals surface area contributed by atoms with E-state index >= 15 is 0 Å². The van der Waals surface area contributed by atoms with E-state index in [1.807, 2.05) is 6.07 Å². The fourth-order valence-electron chi connectivity index (χ4n) is 1.86. The van der Waals surface area contributed by atoms with Gasteiger partial charge in [-0.15, -0.1) is 0 Å². The Labute approximate surface area is 161 Å². The molecule has 0 saturated heterocycles. The molecule has 0 fully saturated rings. The molecule has 2 N–H and O–H groups in total. The number of thiocarbonyl (C=S) groups is 1. The van der Waals surface area contributed by atoms with E-state index in [2.05, 4.69) is 31.9 Å². The summed E-state index contributed by atoms with van der Waals surface area (Å²) in [5, 5.41) is 9.02. The number of halogens is 3. The summed E-state index contributed by atoms with van der Waals surface area (Å²) in [7, 11) is 0. The molecule has 0 radical (unpaired) electrons. The Morgan fingerprint density at radius 3 is 2.33 bits per heavy atom. The van der Waals surface area contributed by atoms with Crippen LogP contribution in [0.1, 0.15) is 11.1 Å². The van der Waals surface area contributed by atoms with Crippen molar-refractivity contribution in [3.05, 3.63) is 67.9 Å². The highest BCUT2D eigenvalue weighted by Gasteiger charge is 2.10. The first-order valence-electron chi connectivity index (χ1n) is 6.68. The summed E-state index contributed by atoms with van der Waals surface area (Å²) in [6, 6.07) is 11.6. The third kappa shape index (κ3) is 4.87. The van der Waals surface area contributed by atoms with E-state index in [9.17, 15) is 4.39 Å². The van der Waals surface area contributed by atoms with Crippen molar-refractivity contribution in [2.45, 2.75) is 6.61 Å². The van der Waals surface area contributed by atoms with Gasteiger partial charge in [-0.25, -0.2) is 4.39 Å². The van der Waals surface area contributed by atoms with Gasteiger partial charge >= 0.3 is 0 Å². The second-order valence-corrected chi connectivity index (χ2v) is 6.91. The van der Waals surface area contributed by atoms with E-state index in [1.165, 1.54) is 12.1 Å². The zero-order valence-corrected chi connectivity index (χ0v) is 16.2. The molecule has 0 saturated carbocycles. The van der Waals surface area contributed by atoms with E-state index < -0.39 is 0 Å². The van der Waals surface area contributed by atoms with Crippen LogP contribution in [0.4, 0.5) is 4.39 Å². The number of hydrogen-bond donors (Lipinski definition) is 1. The molecule has 2 rings (SSSR count). The summed E-state index contributed by atoms with van der Waals surface area (Å²) in [6.07, 6.45) is 1.60. The molecule has 0 bridgehead atoms. The van der Waals surface area contributed by atoms with Gasteiger partial charge in [-0.05, 0) is 73.3 Å². The van der Waals surface area contributed by atoms with Gasteiger partial charge in [0.1, 0.15) is 29.2 Å². The molecule has 0 heterocycles. The smallest absolute Gasteiger partial charge is 0.148 e. The van der Waals surface area contributed by atoms with Gasteiger partial charge in [-0.1, -0.05) is 24.4 Å². The van der Waals surface area contributed by atoms with Gasteiger partial charge in [-0.2, -0.15) is 5.26 Å². The normalized spacial score (nSPS) is 11.0. The van der Waals surface area contributed by atoms with Crippen molar-refractivity contribution in [3.8, 4) is 11.8 Å². The molecule has 0 atom stereocenters. The zero-order valence-electron chi connectivity index (χ0n) is 12.2. The topological polar surface area (TPSA) is 59.0 Å². The number of nitrogens with zero attached hydrogens (tertiary/aromatic N) is 1. The first kappa shape index (κ1) is 18.6. The van der Waals surface area contributed by atoms with E-state index in [-0.39, 0.29) is 16.4 Å². The van der Waals surface area contributed by atoms with Crippen LogP contribution in [0.25, 0.3) is 6.08 Å². The van der Waals surface area contributed by atoms with E-state index in [0.717, 1.165) is 11.1 Å². The molecule has 122 valence electrons. The molecule has 3 nitrogen and oxygen atoms in total. The standard InChI is InChI=1S/C17H11Br2FN2OS/c18-14-6-11(5-12(8-21)17(22)24)7-15(19)16(14)23-9-10-1-3-13(20)4-2-10/h1-7H,9H2,(H2,22,24). The Morgan fingerprint density at radius 1 is 1.25 bits per heavy atom. The van der Waals surface area contributed by atoms with E-state index in [4.69, 9.17) is 28.0 Å². The van der Waals surface area contributed by atoms with Crippen LogP contribution in [0.2, 0.25) is 0 Å². The van der Waals surface area contributed by atoms with Crippen LogP contribution in [0.3, 0.4) is 0 Å². The Kier molecular flexibility index (Phi) is 6.49. The Morgan fingerprint density at radius 2 is 1.83 bits per heavy atom. The van der Waals surface area contributed by atoms with Crippen LogP contribution in [0, 0.1) is 17.1 Å². The van der Waals surface area contributed by atoms with Gasteiger partial charge in [0.05, 0.1) is 14.5 Å². The van der Waals surface area contributed by atoms with Crippen molar-refractivity contribution in [1.29, 1.82) is 5.26 Å². The van der Waals surface area contributed by atoms with Crippen molar-refractivity contribution in [2.75, 3.05) is 0 Å². The third-order valence-electron chi connectivity index (χ3n) is 3.01. The highest BCUT2D eigenvalue weighted by molar-refractivity contribution is 9.11. The van der Waals surface area contributed by atoms with Crippen LogP contribution in [-0.4, -0.2) is 4.99 Å². The predicted molar refractivity (Wildman–Crippen MR) is 103 cm³/mol. The molecule has 0 aliphatic heterocycles. The van der Waals surface area contributed by atoms with Crippen molar-refractivity contribution >= 4 is 55.1 Å². The molecule has 0 amide bonds. The fourth-order valence-corrected chi connectivity index (χ4v) is 3.42. The molecule has 7 heteroatoms. The minimum atomic E-state index is -0.289. The molecule has 0 aliphatic carbocycles. The Hall–Kier alpha value is -1.75. The lowest BCUT2D eigenvalue weighted by Crippen LogP contribution is -2.09. The minimum absolute atomic E-state index is 0.0429. The average Bonchev–Trinajstić information content (AvgIpc) is 2.53. The number of nitriles is 1. The van der Waals surface area contributed by atoms with Crippen LogP contribution in [-0.2, 0) is 6.61 Å². The molecular weight excluding hydrogens is 459 g/mol. The maximum Gasteiger partial charge on any atom is 0.148 e. The maximum atomic E-state index is 12.9.